The molecule has 0 aliphatic carbocycles. The van der Waals surface area contributed by atoms with Crippen molar-refractivity contribution in [2.24, 2.45) is 23.2 Å². The third-order valence-electron chi connectivity index (χ3n) is 0.685. The van der Waals surface area contributed by atoms with Crippen molar-refractivity contribution in [3.63, 3.8) is 0 Å². The number of hydrogen-bond donors (Lipinski definition) is 6. The Morgan fingerprint density at radius 3 is 1.77 bits per heavy atom. The number of carbonyl (C=O) groups excluding carboxylic acids is 1. The van der Waals surface area contributed by atoms with Crippen molar-refractivity contribution in [1.82, 2.24) is 5.32 Å². The summed E-state index contributed by atoms with van der Waals surface area (Å²) in [6, 6.07) is 0. The van der Waals surface area contributed by atoms with Crippen LogP contribution in [-0.2, 0) is 4.79 Å². The molecule has 7 nitrogen and oxygen atoms in total. The standard InChI is InChI=1S/C5H11N3O.CH4O.H4N2/c1-3(2)4(9)8-5(6)7;2*1-2/h5H,1,6-7H2,2H3,(H,8,9);2H,1H3;1-2H2. The smallest absolute Gasteiger partial charge is 0.248 e. The first-order chi connectivity index (χ1) is 6.04. The Bertz CT molecular complexity index is 137. The number of nitrogens with one attached hydrogen (secondary N) is 1. The van der Waals surface area contributed by atoms with E-state index in [1.807, 2.05) is 0 Å². The Kier molecular flexibility index (Phi) is 18.7. The van der Waals surface area contributed by atoms with Gasteiger partial charge >= 0.3 is 0 Å². The van der Waals surface area contributed by atoms with Gasteiger partial charge in [-0.15, -0.1) is 0 Å². The number of nitrogens with two attached hydrogens (primary N) is 4. The number of amides is 1. The number of carbonyl (C=O) groups is 1. The average Bonchev–Trinajstić information content (AvgIpc) is 2.10. The molecular formula is C6H19N5O2. The van der Waals surface area contributed by atoms with Gasteiger partial charge in [-0.05, 0) is 6.92 Å². The zero-order valence-electron chi connectivity index (χ0n) is 7.95. The minimum Gasteiger partial charge on any atom is -0.400 e. The van der Waals surface area contributed by atoms with Crippen LogP contribution < -0.4 is 28.5 Å². The third-order valence-corrected chi connectivity index (χ3v) is 0.685. The van der Waals surface area contributed by atoms with E-state index >= 15 is 0 Å². The van der Waals surface area contributed by atoms with Gasteiger partial charge in [0, 0.05) is 12.7 Å². The Hall–Kier alpha value is -0.990. The number of hydrazine groups is 1. The van der Waals surface area contributed by atoms with Gasteiger partial charge in [0.25, 0.3) is 0 Å². The Balaban J connectivity index is -0.000000218. The molecule has 0 saturated heterocycles. The van der Waals surface area contributed by atoms with E-state index in [4.69, 9.17) is 16.6 Å². The number of rotatable bonds is 2. The summed E-state index contributed by atoms with van der Waals surface area (Å²) in [4.78, 5) is 10.6. The normalized spacial score (nSPS) is 7.38. The van der Waals surface area contributed by atoms with Gasteiger partial charge < -0.3 is 10.4 Å². The fraction of sp³-hybridized carbons (Fsp3) is 0.500. The minimum absolute atomic E-state index is 0.315. The molecule has 0 atom stereocenters. The van der Waals surface area contributed by atoms with Crippen molar-refractivity contribution < 1.29 is 9.90 Å². The second-order valence-electron chi connectivity index (χ2n) is 1.78. The first-order valence-electron chi connectivity index (χ1n) is 3.29. The molecule has 0 fully saturated rings. The van der Waals surface area contributed by atoms with Crippen LogP contribution >= 0.6 is 0 Å². The molecule has 1 amide bonds. The predicted octanol–water partition coefficient (Wildman–Crippen LogP) is -2.69. The van der Waals surface area contributed by atoms with Gasteiger partial charge in [-0.1, -0.05) is 6.58 Å². The quantitative estimate of drug-likeness (QED) is 0.121. The highest BCUT2D eigenvalue weighted by Gasteiger charge is 2.01. The molecule has 80 valence electrons. The lowest BCUT2D eigenvalue weighted by Gasteiger charge is -2.06. The predicted molar refractivity (Wildman–Crippen MR) is 51.6 cm³/mol. The minimum atomic E-state index is -0.797. The fourth-order valence-electron chi connectivity index (χ4n) is 0.275. The lowest BCUT2D eigenvalue weighted by atomic mass is 10.3. The Labute approximate surface area is 77.7 Å². The lowest BCUT2D eigenvalue weighted by molar-refractivity contribution is -0.118. The van der Waals surface area contributed by atoms with E-state index in [9.17, 15) is 4.79 Å². The van der Waals surface area contributed by atoms with Crippen LogP contribution in [-0.4, -0.2) is 24.4 Å². The molecule has 0 unspecified atom stereocenters. The molecule has 0 rings (SSSR count). The van der Waals surface area contributed by atoms with Crippen molar-refractivity contribution in [3.8, 4) is 0 Å². The molecule has 10 N–H and O–H groups in total. The van der Waals surface area contributed by atoms with Gasteiger partial charge in [-0.3, -0.25) is 27.9 Å². The Morgan fingerprint density at radius 2 is 1.69 bits per heavy atom. The van der Waals surface area contributed by atoms with E-state index in [1.165, 1.54) is 0 Å². The van der Waals surface area contributed by atoms with Crippen molar-refractivity contribution >= 4 is 5.91 Å². The number of aliphatic hydroxyl groups excluding tert-OH is 1. The van der Waals surface area contributed by atoms with E-state index in [2.05, 4.69) is 23.6 Å². The van der Waals surface area contributed by atoms with Crippen molar-refractivity contribution in [3.05, 3.63) is 12.2 Å². The maximum Gasteiger partial charge on any atom is 0.248 e. The molecule has 0 aromatic carbocycles. The molecule has 0 saturated carbocycles. The highest BCUT2D eigenvalue weighted by molar-refractivity contribution is 5.92. The summed E-state index contributed by atoms with van der Waals surface area (Å²) in [6.07, 6.45) is -0.797. The van der Waals surface area contributed by atoms with Gasteiger partial charge in [0.2, 0.25) is 5.91 Å². The third kappa shape index (κ3) is 18.2. The first-order valence-corrected chi connectivity index (χ1v) is 3.29. The van der Waals surface area contributed by atoms with Crippen LogP contribution in [0.25, 0.3) is 0 Å². The molecule has 0 heterocycles. The van der Waals surface area contributed by atoms with Gasteiger partial charge in [0.15, 0.2) is 0 Å². The lowest BCUT2D eigenvalue weighted by Crippen LogP contribution is -2.48. The van der Waals surface area contributed by atoms with Gasteiger partial charge in [0.05, 0.1) is 0 Å². The highest BCUT2D eigenvalue weighted by atomic mass is 16.2. The number of aliphatic hydroxyl groups is 1. The zero-order valence-corrected chi connectivity index (χ0v) is 7.95. The molecule has 7 heteroatoms. The summed E-state index contributed by atoms with van der Waals surface area (Å²) < 4.78 is 0. The number of hydrogen-bond acceptors (Lipinski definition) is 6. The van der Waals surface area contributed by atoms with Gasteiger partial charge in [0.1, 0.15) is 6.29 Å². The average molecular weight is 193 g/mol. The second kappa shape index (κ2) is 13.6. The summed E-state index contributed by atoms with van der Waals surface area (Å²) in [6.45, 7) is 4.97. The second-order valence-corrected chi connectivity index (χ2v) is 1.78. The molecule has 0 aliphatic heterocycles. The van der Waals surface area contributed by atoms with E-state index in [0.717, 1.165) is 7.11 Å². The monoisotopic (exact) mass is 193 g/mol. The summed E-state index contributed by atoms with van der Waals surface area (Å²) >= 11 is 0. The van der Waals surface area contributed by atoms with Crippen molar-refractivity contribution in [1.29, 1.82) is 0 Å². The fourth-order valence-corrected chi connectivity index (χ4v) is 0.275. The summed E-state index contributed by atoms with van der Waals surface area (Å²) in [5, 5.41) is 9.26. The van der Waals surface area contributed by atoms with Gasteiger partial charge in [-0.2, -0.15) is 0 Å². The van der Waals surface area contributed by atoms with Crippen LogP contribution in [0.15, 0.2) is 12.2 Å². The largest absolute Gasteiger partial charge is 0.400 e. The molecular weight excluding hydrogens is 174 g/mol. The van der Waals surface area contributed by atoms with Crippen molar-refractivity contribution in [2.75, 3.05) is 7.11 Å². The molecule has 13 heavy (non-hydrogen) atoms. The van der Waals surface area contributed by atoms with Crippen LogP contribution in [0.4, 0.5) is 0 Å². The molecule has 0 bridgehead atoms. The van der Waals surface area contributed by atoms with E-state index in [-0.39, 0.29) is 5.91 Å². The van der Waals surface area contributed by atoms with Crippen LogP contribution in [0.5, 0.6) is 0 Å². The molecule has 0 aromatic heterocycles. The van der Waals surface area contributed by atoms with Crippen LogP contribution in [0, 0.1) is 0 Å². The summed E-state index contributed by atoms with van der Waals surface area (Å²) in [5.74, 6) is 7.69. The Morgan fingerprint density at radius 1 is 1.38 bits per heavy atom. The van der Waals surface area contributed by atoms with Crippen LogP contribution in [0.1, 0.15) is 6.92 Å². The SMILES string of the molecule is C=C(C)C(=O)NC(N)N.CO.NN. The first kappa shape index (κ1) is 17.9. The highest BCUT2D eigenvalue weighted by Crippen LogP contribution is 1.83. The van der Waals surface area contributed by atoms with Gasteiger partial charge in [-0.25, -0.2) is 0 Å². The molecule has 0 aliphatic rings. The summed E-state index contributed by atoms with van der Waals surface area (Å²) in [7, 11) is 1.00. The zero-order chi connectivity index (χ0) is 11.4. The topological polar surface area (TPSA) is 153 Å². The maximum atomic E-state index is 10.6. The van der Waals surface area contributed by atoms with E-state index in [1.54, 1.807) is 6.92 Å². The van der Waals surface area contributed by atoms with E-state index < -0.39 is 6.29 Å². The molecule has 0 radical (unpaired) electrons. The van der Waals surface area contributed by atoms with Crippen LogP contribution in [0.3, 0.4) is 0 Å². The maximum absolute atomic E-state index is 10.6. The molecule has 0 spiro atoms. The van der Waals surface area contributed by atoms with E-state index in [0.29, 0.717) is 5.57 Å². The van der Waals surface area contributed by atoms with Crippen LogP contribution in [0.2, 0.25) is 0 Å². The summed E-state index contributed by atoms with van der Waals surface area (Å²) in [5.41, 5.74) is 10.5. The van der Waals surface area contributed by atoms with Crippen molar-refractivity contribution in [2.45, 2.75) is 13.2 Å². The molecule has 0 aromatic rings.